The molecule has 1 heterocycles. The van der Waals surface area contributed by atoms with Gasteiger partial charge in [-0.1, -0.05) is 6.92 Å². The average molecular weight is 196 g/mol. The molecule has 78 valence electrons. The minimum absolute atomic E-state index is 0.0180. The Labute approximate surface area is 84.0 Å². The maximum Gasteiger partial charge on any atom is 0.248 e. The van der Waals surface area contributed by atoms with E-state index in [1.165, 1.54) is 12.5 Å². The topological polar surface area (TPSA) is 49.7 Å². The molecule has 0 bridgehead atoms. The second-order valence-electron chi connectivity index (χ2n) is 3.53. The second-order valence-corrected chi connectivity index (χ2v) is 3.53. The number of likely N-dealkylation sites (tertiary alicyclic amines) is 1. The van der Waals surface area contributed by atoms with E-state index in [2.05, 4.69) is 4.99 Å². The van der Waals surface area contributed by atoms with Gasteiger partial charge in [0.25, 0.3) is 0 Å². The highest BCUT2D eigenvalue weighted by molar-refractivity contribution is 5.82. The number of carbonyl (C=O) groups is 1. The van der Waals surface area contributed by atoms with Crippen molar-refractivity contribution in [3.63, 3.8) is 0 Å². The first kappa shape index (κ1) is 10.9. The quantitative estimate of drug-likeness (QED) is 0.501. The predicted molar refractivity (Wildman–Crippen MR) is 52.6 cm³/mol. The van der Waals surface area contributed by atoms with Gasteiger partial charge in [0.05, 0.1) is 0 Å². The Morgan fingerprint density at radius 3 is 2.57 bits per heavy atom. The number of aliphatic imine (C=N–C) groups is 1. The third-order valence-corrected chi connectivity index (χ3v) is 2.55. The summed E-state index contributed by atoms with van der Waals surface area (Å²) in [6, 6.07) is -0.509. The molecule has 1 amide bonds. The van der Waals surface area contributed by atoms with Gasteiger partial charge >= 0.3 is 0 Å². The molecule has 0 saturated carbocycles. The third kappa shape index (κ3) is 2.67. The van der Waals surface area contributed by atoms with Gasteiger partial charge in [-0.2, -0.15) is 4.99 Å². The first-order chi connectivity index (χ1) is 6.79. The van der Waals surface area contributed by atoms with Gasteiger partial charge in [-0.25, -0.2) is 4.79 Å². The molecule has 1 rings (SSSR count). The molecule has 0 aromatic heterocycles. The Balaban J connectivity index is 2.56. The van der Waals surface area contributed by atoms with E-state index >= 15 is 0 Å². The van der Waals surface area contributed by atoms with Crippen LogP contribution in [-0.4, -0.2) is 36.0 Å². The van der Waals surface area contributed by atoms with Crippen molar-refractivity contribution in [2.75, 3.05) is 13.1 Å². The van der Waals surface area contributed by atoms with E-state index in [-0.39, 0.29) is 5.91 Å². The molecule has 1 atom stereocenters. The Hall–Kier alpha value is -1.15. The van der Waals surface area contributed by atoms with E-state index in [1.54, 1.807) is 4.90 Å². The number of isocyanates is 1. The van der Waals surface area contributed by atoms with E-state index in [4.69, 9.17) is 0 Å². The number of carbonyl (C=O) groups excluding carboxylic acids is 2. The minimum Gasteiger partial charge on any atom is -0.341 e. The Morgan fingerprint density at radius 2 is 2.07 bits per heavy atom. The Kier molecular flexibility index (Phi) is 4.33. The van der Waals surface area contributed by atoms with Crippen LogP contribution in [0.3, 0.4) is 0 Å². The van der Waals surface area contributed by atoms with Crippen molar-refractivity contribution in [3.8, 4) is 0 Å². The average Bonchev–Trinajstić information content (AvgIpc) is 2.26. The maximum absolute atomic E-state index is 11.8. The van der Waals surface area contributed by atoms with Crippen LogP contribution in [0.5, 0.6) is 0 Å². The summed E-state index contributed by atoms with van der Waals surface area (Å²) in [5, 5.41) is 0. The van der Waals surface area contributed by atoms with Gasteiger partial charge in [0, 0.05) is 13.1 Å². The summed E-state index contributed by atoms with van der Waals surface area (Å²) >= 11 is 0. The van der Waals surface area contributed by atoms with Gasteiger partial charge in [-0.15, -0.1) is 0 Å². The highest BCUT2D eigenvalue weighted by Crippen LogP contribution is 2.12. The van der Waals surface area contributed by atoms with E-state index in [0.29, 0.717) is 6.42 Å². The fourth-order valence-corrected chi connectivity index (χ4v) is 1.71. The number of hydrogen-bond acceptors (Lipinski definition) is 3. The van der Waals surface area contributed by atoms with Gasteiger partial charge in [0.1, 0.15) is 6.04 Å². The van der Waals surface area contributed by atoms with Crippen molar-refractivity contribution in [2.45, 2.75) is 38.6 Å². The summed E-state index contributed by atoms with van der Waals surface area (Å²) in [7, 11) is 0. The molecule has 0 radical (unpaired) electrons. The highest BCUT2D eigenvalue weighted by atomic mass is 16.2. The van der Waals surface area contributed by atoms with Crippen LogP contribution in [0.25, 0.3) is 0 Å². The first-order valence-electron chi connectivity index (χ1n) is 5.15. The number of hydrogen-bond donors (Lipinski definition) is 0. The summed E-state index contributed by atoms with van der Waals surface area (Å²) in [6.07, 6.45) is 5.36. The van der Waals surface area contributed by atoms with Crippen LogP contribution in [0.1, 0.15) is 32.6 Å². The third-order valence-electron chi connectivity index (χ3n) is 2.55. The van der Waals surface area contributed by atoms with Crippen molar-refractivity contribution in [1.29, 1.82) is 0 Å². The monoisotopic (exact) mass is 196 g/mol. The van der Waals surface area contributed by atoms with Crippen LogP contribution in [-0.2, 0) is 9.59 Å². The molecule has 1 aliphatic rings. The summed E-state index contributed by atoms with van der Waals surface area (Å²) in [5.74, 6) is -0.0180. The molecule has 14 heavy (non-hydrogen) atoms. The number of piperidine rings is 1. The molecule has 0 N–H and O–H groups in total. The molecule has 0 aromatic rings. The smallest absolute Gasteiger partial charge is 0.248 e. The van der Waals surface area contributed by atoms with Crippen molar-refractivity contribution < 1.29 is 9.59 Å². The van der Waals surface area contributed by atoms with Crippen molar-refractivity contribution >= 4 is 12.0 Å². The van der Waals surface area contributed by atoms with Crippen LogP contribution in [0.15, 0.2) is 4.99 Å². The molecule has 1 aliphatic heterocycles. The van der Waals surface area contributed by atoms with Crippen molar-refractivity contribution in [1.82, 2.24) is 4.90 Å². The van der Waals surface area contributed by atoms with Crippen LogP contribution in [0.2, 0.25) is 0 Å². The first-order valence-corrected chi connectivity index (χ1v) is 5.15. The zero-order valence-corrected chi connectivity index (χ0v) is 8.53. The van der Waals surface area contributed by atoms with Gasteiger partial charge < -0.3 is 4.90 Å². The lowest BCUT2D eigenvalue weighted by Gasteiger charge is -2.28. The molecular weight excluding hydrogens is 180 g/mol. The van der Waals surface area contributed by atoms with Crippen molar-refractivity contribution in [3.05, 3.63) is 0 Å². The fourth-order valence-electron chi connectivity index (χ4n) is 1.71. The number of rotatable bonds is 3. The van der Waals surface area contributed by atoms with Gasteiger partial charge in [-0.05, 0) is 25.7 Å². The molecule has 1 unspecified atom stereocenters. The fraction of sp³-hybridized carbons (Fsp3) is 0.800. The lowest BCUT2D eigenvalue weighted by Crippen LogP contribution is -2.41. The molecule has 0 aliphatic carbocycles. The Bertz CT molecular complexity index is 241. The van der Waals surface area contributed by atoms with Gasteiger partial charge in [-0.3, -0.25) is 4.79 Å². The normalized spacial score (nSPS) is 18.5. The highest BCUT2D eigenvalue weighted by Gasteiger charge is 2.23. The van der Waals surface area contributed by atoms with E-state index in [0.717, 1.165) is 25.9 Å². The van der Waals surface area contributed by atoms with E-state index in [9.17, 15) is 9.59 Å². The maximum atomic E-state index is 11.8. The summed E-state index contributed by atoms with van der Waals surface area (Å²) in [6.45, 7) is 3.47. The zero-order valence-electron chi connectivity index (χ0n) is 8.53. The lowest BCUT2D eigenvalue weighted by atomic mass is 10.1. The number of nitrogens with zero attached hydrogens (tertiary/aromatic N) is 2. The molecule has 4 heteroatoms. The molecule has 0 aromatic carbocycles. The largest absolute Gasteiger partial charge is 0.341 e. The minimum atomic E-state index is -0.509. The molecule has 4 nitrogen and oxygen atoms in total. The Morgan fingerprint density at radius 1 is 1.43 bits per heavy atom. The van der Waals surface area contributed by atoms with Crippen LogP contribution in [0.4, 0.5) is 0 Å². The second kappa shape index (κ2) is 5.55. The summed E-state index contributed by atoms with van der Waals surface area (Å²) < 4.78 is 0. The molecule has 1 saturated heterocycles. The lowest BCUT2D eigenvalue weighted by molar-refractivity contribution is -0.133. The van der Waals surface area contributed by atoms with Crippen molar-refractivity contribution in [2.24, 2.45) is 4.99 Å². The van der Waals surface area contributed by atoms with E-state index < -0.39 is 6.04 Å². The molecule has 0 spiro atoms. The predicted octanol–water partition coefficient (Wildman–Crippen LogP) is 1.11. The van der Waals surface area contributed by atoms with Crippen LogP contribution >= 0.6 is 0 Å². The summed E-state index contributed by atoms with van der Waals surface area (Å²) in [5.41, 5.74) is 0. The van der Waals surface area contributed by atoms with E-state index in [1.807, 2.05) is 6.92 Å². The summed E-state index contributed by atoms with van der Waals surface area (Å²) in [4.78, 5) is 27.2. The van der Waals surface area contributed by atoms with Gasteiger partial charge in [0.2, 0.25) is 12.0 Å². The molecule has 1 fully saturated rings. The number of amides is 1. The molecular formula is C10H16N2O2. The van der Waals surface area contributed by atoms with Gasteiger partial charge in [0.15, 0.2) is 0 Å². The SMILES string of the molecule is CCC(N=C=O)C(=O)N1CCCCC1. The van der Waals surface area contributed by atoms with Crippen LogP contribution in [0, 0.1) is 0 Å². The standard InChI is InChI=1S/C10H16N2O2/c1-2-9(11-8-13)10(14)12-6-4-3-5-7-12/h9H,2-7H2,1H3. The zero-order chi connectivity index (χ0) is 10.4. The van der Waals surface area contributed by atoms with Crippen LogP contribution < -0.4 is 0 Å².